The van der Waals surface area contributed by atoms with Gasteiger partial charge in [-0.05, 0) is 31.0 Å². The lowest BCUT2D eigenvalue weighted by molar-refractivity contribution is 0.411. The average molecular weight is 293 g/mol. The highest BCUT2D eigenvalue weighted by atomic mass is 32.2. The van der Waals surface area contributed by atoms with Crippen LogP contribution < -0.4 is 9.46 Å². The SMILES string of the molecule is COc1cnc(NS(=O)(=O)c2cc(C)ccc2C)nc1. The minimum atomic E-state index is -3.70. The van der Waals surface area contributed by atoms with Crippen molar-refractivity contribution in [3.63, 3.8) is 0 Å². The molecule has 1 heterocycles. The molecule has 0 aliphatic carbocycles. The third kappa shape index (κ3) is 3.05. The van der Waals surface area contributed by atoms with Crippen LogP contribution in [-0.2, 0) is 10.0 Å². The van der Waals surface area contributed by atoms with E-state index >= 15 is 0 Å². The molecule has 0 saturated heterocycles. The quantitative estimate of drug-likeness (QED) is 0.931. The van der Waals surface area contributed by atoms with Crippen molar-refractivity contribution in [2.45, 2.75) is 18.7 Å². The molecule has 1 aromatic carbocycles. The van der Waals surface area contributed by atoms with Crippen molar-refractivity contribution in [1.29, 1.82) is 0 Å². The highest BCUT2D eigenvalue weighted by molar-refractivity contribution is 7.92. The van der Waals surface area contributed by atoms with Crippen LogP contribution in [0.2, 0.25) is 0 Å². The van der Waals surface area contributed by atoms with Gasteiger partial charge in [-0.1, -0.05) is 12.1 Å². The molecule has 106 valence electrons. The summed E-state index contributed by atoms with van der Waals surface area (Å²) >= 11 is 0. The molecule has 20 heavy (non-hydrogen) atoms. The lowest BCUT2D eigenvalue weighted by Crippen LogP contribution is -2.16. The number of benzene rings is 1. The Morgan fingerprint density at radius 3 is 2.40 bits per heavy atom. The van der Waals surface area contributed by atoms with Crippen molar-refractivity contribution >= 4 is 16.0 Å². The van der Waals surface area contributed by atoms with Crippen molar-refractivity contribution in [1.82, 2.24) is 9.97 Å². The maximum atomic E-state index is 12.3. The molecular weight excluding hydrogens is 278 g/mol. The molecule has 0 amide bonds. The smallest absolute Gasteiger partial charge is 0.264 e. The monoisotopic (exact) mass is 293 g/mol. The van der Waals surface area contributed by atoms with Gasteiger partial charge in [0.1, 0.15) is 0 Å². The molecule has 0 saturated carbocycles. The second kappa shape index (κ2) is 5.46. The van der Waals surface area contributed by atoms with Gasteiger partial charge in [0.25, 0.3) is 10.0 Å². The van der Waals surface area contributed by atoms with Gasteiger partial charge in [0, 0.05) is 0 Å². The van der Waals surface area contributed by atoms with E-state index in [0.717, 1.165) is 5.56 Å². The largest absolute Gasteiger partial charge is 0.494 e. The first kappa shape index (κ1) is 14.3. The molecule has 2 rings (SSSR count). The van der Waals surface area contributed by atoms with Crippen molar-refractivity contribution in [3.8, 4) is 5.75 Å². The van der Waals surface area contributed by atoms with Crippen molar-refractivity contribution in [2.75, 3.05) is 11.8 Å². The zero-order valence-corrected chi connectivity index (χ0v) is 12.2. The maximum Gasteiger partial charge on any atom is 0.264 e. The third-order valence-corrected chi connectivity index (χ3v) is 4.19. The predicted molar refractivity (Wildman–Crippen MR) is 75.3 cm³/mol. The summed E-state index contributed by atoms with van der Waals surface area (Å²) in [6.07, 6.45) is 2.79. The molecule has 7 heteroatoms. The molecule has 0 spiro atoms. The highest BCUT2D eigenvalue weighted by Gasteiger charge is 2.18. The number of nitrogens with one attached hydrogen (secondary N) is 1. The molecule has 0 unspecified atom stereocenters. The Balaban J connectivity index is 2.32. The van der Waals surface area contributed by atoms with Crippen LogP contribution in [0.3, 0.4) is 0 Å². The van der Waals surface area contributed by atoms with Gasteiger partial charge in [0.2, 0.25) is 5.95 Å². The Labute approximate surface area is 117 Å². The number of sulfonamides is 1. The van der Waals surface area contributed by atoms with Crippen molar-refractivity contribution in [2.24, 2.45) is 0 Å². The fourth-order valence-corrected chi connectivity index (χ4v) is 2.93. The van der Waals surface area contributed by atoms with Gasteiger partial charge in [0.05, 0.1) is 24.4 Å². The maximum absolute atomic E-state index is 12.3. The normalized spacial score (nSPS) is 11.2. The van der Waals surface area contributed by atoms with Gasteiger partial charge >= 0.3 is 0 Å². The minimum Gasteiger partial charge on any atom is -0.494 e. The zero-order valence-electron chi connectivity index (χ0n) is 11.4. The van der Waals surface area contributed by atoms with Crippen LogP contribution >= 0.6 is 0 Å². The van der Waals surface area contributed by atoms with E-state index in [4.69, 9.17) is 4.74 Å². The Morgan fingerprint density at radius 2 is 1.80 bits per heavy atom. The lowest BCUT2D eigenvalue weighted by Gasteiger charge is -2.10. The van der Waals surface area contributed by atoms with Crippen molar-refractivity contribution in [3.05, 3.63) is 41.7 Å². The number of nitrogens with zero attached hydrogens (tertiary/aromatic N) is 2. The number of aryl methyl sites for hydroxylation is 2. The number of methoxy groups -OCH3 is 1. The molecule has 0 fully saturated rings. The number of aromatic nitrogens is 2. The van der Waals surface area contributed by atoms with Gasteiger partial charge in [-0.2, -0.15) is 0 Å². The molecule has 1 aromatic heterocycles. The number of hydrogen-bond donors (Lipinski definition) is 1. The molecule has 2 aromatic rings. The topological polar surface area (TPSA) is 81.2 Å². The van der Waals surface area contributed by atoms with E-state index in [9.17, 15) is 8.42 Å². The van der Waals surface area contributed by atoms with Crippen LogP contribution in [0.1, 0.15) is 11.1 Å². The van der Waals surface area contributed by atoms with Gasteiger partial charge in [0.15, 0.2) is 5.75 Å². The van der Waals surface area contributed by atoms with Crippen LogP contribution in [0.5, 0.6) is 5.75 Å². The first-order chi connectivity index (χ1) is 9.42. The Hall–Kier alpha value is -2.15. The zero-order chi connectivity index (χ0) is 14.8. The van der Waals surface area contributed by atoms with Crippen LogP contribution in [0, 0.1) is 13.8 Å². The molecule has 1 N–H and O–H groups in total. The van der Waals surface area contributed by atoms with E-state index in [2.05, 4.69) is 14.7 Å². The van der Waals surface area contributed by atoms with Gasteiger partial charge in [-0.15, -0.1) is 0 Å². The number of hydrogen-bond acceptors (Lipinski definition) is 5. The highest BCUT2D eigenvalue weighted by Crippen LogP contribution is 2.19. The van der Waals surface area contributed by atoms with E-state index in [0.29, 0.717) is 11.3 Å². The van der Waals surface area contributed by atoms with Gasteiger partial charge in [-0.3, -0.25) is 0 Å². The molecule has 0 aliphatic rings. The van der Waals surface area contributed by atoms with Gasteiger partial charge < -0.3 is 4.74 Å². The third-order valence-electron chi connectivity index (χ3n) is 2.72. The molecule has 0 bridgehead atoms. The Morgan fingerprint density at radius 1 is 1.15 bits per heavy atom. The van der Waals surface area contributed by atoms with E-state index in [1.807, 2.05) is 13.0 Å². The molecule has 0 atom stereocenters. The van der Waals surface area contributed by atoms with E-state index in [1.165, 1.54) is 19.5 Å². The molecular formula is C13H15N3O3S. The van der Waals surface area contributed by atoms with Crippen LogP contribution in [-0.4, -0.2) is 25.5 Å². The fraction of sp³-hybridized carbons (Fsp3) is 0.231. The predicted octanol–water partition coefficient (Wildman–Crippen LogP) is 1.90. The number of anilines is 1. The molecule has 6 nitrogen and oxygen atoms in total. The Kier molecular flexibility index (Phi) is 3.89. The first-order valence-electron chi connectivity index (χ1n) is 5.88. The second-order valence-electron chi connectivity index (χ2n) is 4.32. The van der Waals surface area contributed by atoms with Gasteiger partial charge in [-0.25, -0.2) is 23.1 Å². The van der Waals surface area contributed by atoms with Crippen LogP contribution in [0.15, 0.2) is 35.5 Å². The van der Waals surface area contributed by atoms with E-state index in [1.54, 1.807) is 19.1 Å². The summed E-state index contributed by atoms with van der Waals surface area (Å²) in [5, 5.41) is 0. The second-order valence-corrected chi connectivity index (χ2v) is 5.97. The summed E-state index contributed by atoms with van der Waals surface area (Å²) in [4.78, 5) is 7.99. The van der Waals surface area contributed by atoms with E-state index in [-0.39, 0.29) is 10.8 Å². The molecule has 0 aliphatic heterocycles. The van der Waals surface area contributed by atoms with E-state index < -0.39 is 10.0 Å². The minimum absolute atomic E-state index is 0.00621. The fourth-order valence-electron chi connectivity index (χ4n) is 1.65. The summed E-state index contributed by atoms with van der Waals surface area (Å²) in [5.74, 6) is 0.464. The van der Waals surface area contributed by atoms with Crippen LogP contribution in [0.4, 0.5) is 5.95 Å². The summed E-state index contributed by atoms with van der Waals surface area (Å²) in [6, 6.07) is 5.23. The average Bonchev–Trinajstić information content (AvgIpc) is 2.42. The summed E-state index contributed by atoms with van der Waals surface area (Å²) < 4.78 is 31.9. The summed E-state index contributed by atoms with van der Waals surface area (Å²) in [7, 11) is -2.22. The summed E-state index contributed by atoms with van der Waals surface area (Å²) in [6.45, 7) is 3.57. The number of rotatable bonds is 4. The van der Waals surface area contributed by atoms with Crippen LogP contribution in [0.25, 0.3) is 0 Å². The molecule has 0 radical (unpaired) electrons. The first-order valence-corrected chi connectivity index (χ1v) is 7.37. The lowest BCUT2D eigenvalue weighted by atomic mass is 10.2. The Bertz CT molecular complexity index is 712. The number of ether oxygens (including phenoxy) is 1. The summed E-state index contributed by atoms with van der Waals surface area (Å²) in [5.41, 5.74) is 1.53. The van der Waals surface area contributed by atoms with Crippen molar-refractivity contribution < 1.29 is 13.2 Å². The standard InChI is InChI=1S/C13H15N3O3S/c1-9-4-5-10(2)12(6-9)20(17,18)16-13-14-7-11(19-3)8-15-13/h4-8H,1-3H3,(H,14,15,16).